The molecule has 1 heterocycles. The number of benzene rings is 1. The molecule has 1 saturated heterocycles. The van der Waals surface area contributed by atoms with Crippen molar-refractivity contribution in [2.75, 3.05) is 39.3 Å². The lowest BCUT2D eigenvalue weighted by Gasteiger charge is -2.27. The summed E-state index contributed by atoms with van der Waals surface area (Å²) in [7, 11) is 0. The zero-order valence-corrected chi connectivity index (χ0v) is 13.8. The van der Waals surface area contributed by atoms with Gasteiger partial charge in [-0.05, 0) is 24.6 Å². The van der Waals surface area contributed by atoms with Crippen molar-refractivity contribution >= 4 is 29.9 Å². The first-order chi connectivity index (χ1) is 9.66. The molecule has 0 aromatic heterocycles. The predicted octanol–water partition coefficient (Wildman–Crippen LogP) is 1.89. The van der Waals surface area contributed by atoms with Crippen molar-refractivity contribution in [3.8, 4) is 0 Å². The molecule has 1 amide bonds. The van der Waals surface area contributed by atoms with Crippen LogP contribution >= 0.6 is 24.0 Å². The van der Waals surface area contributed by atoms with Gasteiger partial charge in [-0.1, -0.05) is 23.7 Å². The molecule has 21 heavy (non-hydrogen) atoms. The van der Waals surface area contributed by atoms with Gasteiger partial charge in [0.2, 0.25) is 5.91 Å². The topological polar surface area (TPSA) is 44.4 Å². The molecule has 1 unspecified atom stereocenters. The highest BCUT2D eigenvalue weighted by Crippen LogP contribution is 2.19. The maximum absolute atomic E-state index is 12.1. The number of carbonyl (C=O) groups excluding carboxylic acids is 1. The van der Waals surface area contributed by atoms with Crippen LogP contribution in [0.25, 0.3) is 0 Å². The number of hydrogen-bond acceptors (Lipinski definition) is 3. The molecule has 1 aliphatic heterocycles. The van der Waals surface area contributed by atoms with Gasteiger partial charge < -0.3 is 10.6 Å². The van der Waals surface area contributed by atoms with Gasteiger partial charge in [0.05, 0.1) is 5.92 Å². The van der Waals surface area contributed by atoms with Crippen LogP contribution in [0.1, 0.15) is 18.4 Å². The third-order valence-corrected chi connectivity index (χ3v) is 3.91. The minimum atomic E-state index is -0.170. The lowest BCUT2D eigenvalue weighted by atomic mass is 10.0. The summed E-state index contributed by atoms with van der Waals surface area (Å²) >= 11 is 5.96. The first-order valence-electron chi connectivity index (χ1n) is 7.13. The van der Waals surface area contributed by atoms with E-state index in [1.165, 1.54) is 0 Å². The van der Waals surface area contributed by atoms with Crippen LogP contribution in [0.5, 0.6) is 0 Å². The van der Waals surface area contributed by atoms with Crippen LogP contribution in [0.4, 0.5) is 0 Å². The van der Waals surface area contributed by atoms with Crippen LogP contribution in [0.2, 0.25) is 5.02 Å². The number of carbonyl (C=O) groups is 1. The van der Waals surface area contributed by atoms with Crippen LogP contribution in [0, 0.1) is 0 Å². The number of rotatable bonds is 5. The molecule has 0 aliphatic carbocycles. The highest BCUT2D eigenvalue weighted by molar-refractivity contribution is 6.30. The standard InChI is InChI=1S/C15H22ClN3O.ClH/c1-12(13-3-2-4-14(16)11-13)15(20)18-7-10-19-8-5-17-6-9-19;/h2-4,11-12,17H,5-10H2,1H3,(H,18,20);1H. The molecule has 1 atom stereocenters. The third kappa shape index (κ3) is 5.83. The summed E-state index contributed by atoms with van der Waals surface area (Å²) in [6.07, 6.45) is 0. The molecular formula is C15H23Cl2N3O. The first kappa shape index (κ1) is 18.2. The second-order valence-electron chi connectivity index (χ2n) is 5.16. The Morgan fingerprint density at radius 1 is 1.43 bits per heavy atom. The Balaban J connectivity index is 0.00000220. The molecule has 2 rings (SSSR count). The van der Waals surface area contributed by atoms with Crippen molar-refractivity contribution < 1.29 is 4.79 Å². The largest absolute Gasteiger partial charge is 0.354 e. The SMILES string of the molecule is CC(C(=O)NCCN1CCNCC1)c1cccc(Cl)c1.Cl. The van der Waals surface area contributed by atoms with E-state index in [1.807, 2.05) is 31.2 Å². The molecule has 0 spiro atoms. The van der Waals surface area contributed by atoms with Gasteiger partial charge in [-0.25, -0.2) is 0 Å². The minimum absolute atomic E-state index is 0. The molecule has 0 bridgehead atoms. The second kappa shape index (κ2) is 9.26. The zero-order chi connectivity index (χ0) is 14.4. The number of amides is 1. The third-order valence-electron chi connectivity index (χ3n) is 3.68. The highest BCUT2D eigenvalue weighted by atomic mass is 35.5. The minimum Gasteiger partial charge on any atom is -0.354 e. The van der Waals surface area contributed by atoms with E-state index in [0.29, 0.717) is 11.6 Å². The molecule has 4 nitrogen and oxygen atoms in total. The van der Waals surface area contributed by atoms with E-state index < -0.39 is 0 Å². The van der Waals surface area contributed by atoms with Gasteiger partial charge in [0.1, 0.15) is 0 Å². The maximum atomic E-state index is 12.1. The van der Waals surface area contributed by atoms with E-state index >= 15 is 0 Å². The van der Waals surface area contributed by atoms with Crippen LogP contribution in [0.15, 0.2) is 24.3 Å². The average molecular weight is 332 g/mol. The predicted molar refractivity (Wildman–Crippen MR) is 89.4 cm³/mol. The number of piperazine rings is 1. The Hall–Kier alpha value is -0.810. The van der Waals surface area contributed by atoms with E-state index in [4.69, 9.17) is 11.6 Å². The van der Waals surface area contributed by atoms with Crippen LogP contribution in [0.3, 0.4) is 0 Å². The van der Waals surface area contributed by atoms with Crippen molar-refractivity contribution in [3.63, 3.8) is 0 Å². The van der Waals surface area contributed by atoms with Crippen molar-refractivity contribution in [1.82, 2.24) is 15.5 Å². The molecule has 1 aromatic carbocycles. The fourth-order valence-corrected chi connectivity index (χ4v) is 2.55. The fourth-order valence-electron chi connectivity index (χ4n) is 2.35. The van der Waals surface area contributed by atoms with Gasteiger partial charge >= 0.3 is 0 Å². The Morgan fingerprint density at radius 3 is 2.81 bits per heavy atom. The van der Waals surface area contributed by atoms with Crippen LogP contribution in [-0.4, -0.2) is 50.1 Å². The van der Waals surface area contributed by atoms with Crippen molar-refractivity contribution in [3.05, 3.63) is 34.9 Å². The molecule has 0 radical (unpaired) electrons. The Labute approximate surface area is 137 Å². The van der Waals surface area contributed by atoms with E-state index in [9.17, 15) is 4.79 Å². The van der Waals surface area contributed by atoms with Gasteiger partial charge in [-0.2, -0.15) is 0 Å². The van der Waals surface area contributed by atoms with E-state index in [-0.39, 0.29) is 24.2 Å². The van der Waals surface area contributed by atoms with Crippen molar-refractivity contribution in [1.29, 1.82) is 0 Å². The lowest BCUT2D eigenvalue weighted by Crippen LogP contribution is -2.46. The molecular weight excluding hydrogens is 309 g/mol. The quantitative estimate of drug-likeness (QED) is 0.865. The summed E-state index contributed by atoms with van der Waals surface area (Å²) in [5.41, 5.74) is 0.956. The van der Waals surface area contributed by atoms with Crippen molar-refractivity contribution in [2.45, 2.75) is 12.8 Å². The molecule has 1 fully saturated rings. The number of hydrogen-bond donors (Lipinski definition) is 2. The van der Waals surface area contributed by atoms with Gasteiger partial charge in [-0.3, -0.25) is 9.69 Å². The van der Waals surface area contributed by atoms with Gasteiger partial charge in [0, 0.05) is 44.3 Å². The smallest absolute Gasteiger partial charge is 0.227 e. The normalized spacial score (nSPS) is 16.9. The molecule has 118 valence electrons. The first-order valence-corrected chi connectivity index (χ1v) is 7.51. The number of nitrogens with zero attached hydrogens (tertiary/aromatic N) is 1. The van der Waals surface area contributed by atoms with Gasteiger partial charge in [0.25, 0.3) is 0 Å². The van der Waals surface area contributed by atoms with E-state index in [2.05, 4.69) is 15.5 Å². The van der Waals surface area contributed by atoms with Gasteiger partial charge in [-0.15, -0.1) is 12.4 Å². The van der Waals surface area contributed by atoms with Crippen LogP contribution in [-0.2, 0) is 4.79 Å². The van der Waals surface area contributed by atoms with Crippen molar-refractivity contribution in [2.24, 2.45) is 0 Å². The Morgan fingerprint density at radius 2 is 2.14 bits per heavy atom. The summed E-state index contributed by atoms with van der Waals surface area (Å²) < 4.78 is 0. The molecule has 6 heteroatoms. The van der Waals surface area contributed by atoms with Gasteiger partial charge in [0.15, 0.2) is 0 Å². The monoisotopic (exact) mass is 331 g/mol. The Kier molecular flexibility index (Phi) is 8.04. The highest BCUT2D eigenvalue weighted by Gasteiger charge is 2.15. The average Bonchev–Trinajstić information content (AvgIpc) is 2.47. The molecule has 2 N–H and O–H groups in total. The Bertz CT molecular complexity index is 450. The summed E-state index contributed by atoms with van der Waals surface area (Å²) in [6, 6.07) is 7.48. The molecule has 1 aliphatic rings. The molecule has 0 saturated carbocycles. The number of nitrogens with one attached hydrogen (secondary N) is 2. The summed E-state index contributed by atoms with van der Waals surface area (Å²) in [5.74, 6) is -0.112. The number of halogens is 2. The van der Waals surface area contributed by atoms with Crippen LogP contribution < -0.4 is 10.6 Å². The summed E-state index contributed by atoms with van der Waals surface area (Å²) in [5, 5.41) is 6.99. The second-order valence-corrected chi connectivity index (χ2v) is 5.60. The lowest BCUT2D eigenvalue weighted by molar-refractivity contribution is -0.122. The summed E-state index contributed by atoms with van der Waals surface area (Å²) in [4.78, 5) is 14.5. The zero-order valence-electron chi connectivity index (χ0n) is 12.3. The maximum Gasteiger partial charge on any atom is 0.227 e. The molecule has 1 aromatic rings. The van der Waals surface area contributed by atoms with E-state index in [0.717, 1.165) is 38.3 Å². The fraction of sp³-hybridized carbons (Fsp3) is 0.533. The summed E-state index contributed by atoms with van der Waals surface area (Å²) in [6.45, 7) is 7.70. The van der Waals surface area contributed by atoms with E-state index in [1.54, 1.807) is 0 Å².